The number of aryl methyl sites for hydroxylation is 1. The van der Waals surface area contributed by atoms with Crippen molar-refractivity contribution in [1.82, 2.24) is 0 Å². The van der Waals surface area contributed by atoms with E-state index < -0.39 is 17.8 Å². The summed E-state index contributed by atoms with van der Waals surface area (Å²) in [6, 6.07) is 13.0. The summed E-state index contributed by atoms with van der Waals surface area (Å²) in [5.74, 6) is -0.475. The number of hydrogen-bond acceptors (Lipinski definition) is 3. The Morgan fingerprint density at radius 2 is 1.95 bits per heavy atom. The minimum atomic E-state index is -0.798. The van der Waals surface area contributed by atoms with Crippen LogP contribution in [0.5, 0.6) is 5.75 Å². The van der Waals surface area contributed by atoms with Gasteiger partial charge in [0.25, 0.3) is 5.91 Å². The van der Waals surface area contributed by atoms with Crippen LogP contribution in [-0.2, 0) is 4.79 Å². The van der Waals surface area contributed by atoms with Gasteiger partial charge in [-0.3, -0.25) is 4.79 Å². The molecule has 0 heterocycles. The zero-order valence-electron chi connectivity index (χ0n) is 12.3. The molecule has 0 saturated heterocycles. The Morgan fingerprint density at radius 1 is 1.27 bits per heavy atom. The molecule has 5 heteroatoms. The van der Waals surface area contributed by atoms with Crippen LogP contribution in [0.15, 0.2) is 42.5 Å². The number of halogens is 1. The van der Waals surface area contributed by atoms with E-state index in [0.717, 1.165) is 5.56 Å². The largest absolute Gasteiger partial charge is 0.481 e. The van der Waals surface area contributed by atoms with E-state index in [4.69, 9.17) is 10.00 Å². The van der Waals surface area contributed by atoms with Crippen LogP contribution in [0.1, 0.15) is 18.1 Å². The number of anilines is 1. The van der Waals surface area contributed by atoms with E-state index in [2.05, 4.69) is 5.32 Å². The van der Waals surface area contributed by atoms with Crippen LogP contribution in [0.2, 0.25) is 0 Å². The standard InChI is InChI=1S/C17H15FN2O2/c1-11-3-8-16(15(18)9-11)20-17(21)12(2)22-14-6-4-13(10-19)5-7-14/h3-9,12H,1-2H3,(H,20,21). The van der Waals surface area contributed by atoms with Gasteiger partial charge in [-0.25, -0.2) is 4.39 Å². The monoisotopic (exact) mass is 298 g/mol. The molecule has 4 nitrogen and oxygen atoms in total. The third-order valence-corrected chi connectivity index (χ3v) is 3.05. The molecule has 1 atom stereocenters. The van der Waals surface area contributed by atoms with Crippen LogP contribution in [0.25, 0.3) is 0 Å². The van der Waals surface area contributed by atoms with Gasteiger partial charge in [-0.15, -0.1) is 0 Å². The molecular formula is C17H15FN2O2. The first-order chi connectivity index (χ1) is 10.5. The van der Waals surface area contributed by atoms with Gasteiger partial charge in [0.05, 0.1) is 17.3 Å². The van der Waals surface area contributed by atoms with Crippen LogP contribution in [0.4, 0.5) is 10.1 Å². The molecule has 0 radical (unpaired) electrons. The zero-order chi connectivity index (χ0) is 16.1. The normalized spacial score (nSPS) is 11.4. The van der Waals surface area contributed by atoms with Gasteiger partial charge in [0.1, 0.15) is 11.6 Å². The maximum absolute atomic E-state index is 13.7. The van der Waals surface area contributed by atoms with Gasteiger partial charge in [-0.05, 0) is 55.8 Å². The van der Waals surface area contributed by atoms with Gasteiger partial charge in [-0.1, -0.05) is 6.07 Å². The van der Waals surface area contributed by atoms with Gasteiger partial charge in [0, 0.05) is 0 Å². The second-order valence-electron chi connectivity index (χ2n) is 4.87. The number of nitriles is 1. The summed E-state index contributed by atoms with van der Waals surface area (Å²) in [6.07, 6.45) is -0.798. The molecule has 1 unspecified atom stereocenters. The fourth-order valence-electron chi connectivity index (χ4n) is 1.82. The highest BCUT2D eigenvalue weighted by Crippen LogP contribution is 2.17. The summed E-state index contributed by atoms with van der Waals surface area (Å²) in [4.78, 5) is 12.0. The molecule has 0 spiro atoms. The molecule has 2 aromatic rings. The van der Waals surface area contributed by atoms with Crippen molar-refractivity contribution in [3.05, 3.63) is 59.4 Å². The molecule has 0 aliphatic rings. The van der Waals surface area contributed by atoms with E-state index in [-0.39, 0.29) is 5.69 Å². The number of carbonyl (C=O) groups excluding carboxylic acids is 1. The van der Waals surface area contributed by atoms with Crippen LogP contribution in [-0.4, -0.2) is 12.0 Å². The maximum Gasteiger partial charge on any atom is 0.265 e. The Hall–Kier alpha value is -2.87. The molecule has 1 amide bonds. The molecule has 112 valence electrons. The van der Waals surface area contributed by atoms with E-state index in [0.29, 0.717) is 11.3 Å². The smallest absolute Gasteiger partial charge is 0.265 e. The third-order valence-electron chi connectivity index (χ3n) is 3.05. The van der Waals surface area contributed by atoms with E-state index in [1.54, 1.807) is 44.2 Å². The van der Waals surface area contributed by atoms with Crippen molar-refractivity contribution in [1.29, 1.82) is 5.26 Å². The highest BCUT2D eigenvalue weighted by atomic mass is 19.1. The zero-order valence-corrected chi connectivity index (χ0v) is 12.3. The summed E-state index contributed by atoms with van der Waals surface area (Å²) >= 11 is 0. The van der Waals surface area contributed by atoms with E-state index in [9.17, 15) is 9.18 Å². The first-order valence-corrected chi connectivity index (χ1v) is 6.73. The maximum atomic E-state index is 13.7. The molecular weight excluding hydrogens is 283 g/mol. The van der Waals surface area contributed by atoms with Gasteiger partial charge in [0.15, 0.2) is 6.10 Å². The average Bonchev–Trinajstić information content (AvgIpc) is 2.50. The summed E-state index contributed by atoms with van der Waals surface area (Å²) in [6.45, 7) is 3.34. The topological polar surface area (TPSA) is 62.1 Å². The van der Waals surface area contributed by atoms with Crippen molar-refractivity contribution in [3.63, 3.8) is 0 Å². The highest BCUT2D eigenvalue weighted by Gasteiger charge is 2.16. The number of nitrogens with one attached hydrogen (secondary N) is 1. The number of carbonyl (C=O) groups is 1. The quantitative estimate of drug-likeness (QED) is 0.940. The molecule has 0 saturated carbocycles. The van der Waals surface area contributed by atoms with Crippen molar-refractivity contribution < 1.29 is 13.9 Å². The van der Waals surface area contributed by atoms with Gasteiger partial charge >= 0.3 is 0 Å². The lowest BCUT2D eigenvalue weighted by atomic mass is 10.2. The van der Waals surface area contributed by atoms with E-state index >= 15 is 0 Å². The van der Waals surface area contributed by atoms with Crippen molar-refractivity contribution in [3.8, 4) is 11.8 Å². The van der Waals surface area contributed by atoms with Crippen LogP contribution in [0.3, 0.4) is 0 Å². The lowest BCUT2D eigenvalue weighted by molar-refractivity contribution is -0.122. The molecule has 0 aliphatic heterocycles. The SMILES string of the molecule is Cc1ccc(NC(=O)C(C)Oc2ccc(C#N)cc2)c(F)c1. The second-order valence-corrected chi connectivity index (χ2v) is 4.87. The molecule has 2 rings (SSSR count). The Morgan fingerprint density at radius 3 is 2.55 bits per heavy atom. The summed E-state index contributed by atoms with van der Waals surface area (Å²) in [5.41, 5.74) is 1.40. The number of nitrogens with zero attached hydrogens (tertiary/aromatic N) is 1. The van der Waals surface area contributed by atoms with Crippen LogP contribution >= 0.6 is 0 Å². The number of rotatable bonds is 4. The van der Waals surface area contributed by atoms with Crippen LogP contribution < -0.4 is 10.1 Å². The Kier molecular flexibility index (Phi) is 4.74. The molecule has 0 bridgehead atoms. The second kappa shape index (κ2) is 6.72. The number of benzene rings is 2. The lowest BCUT2D eigenvalue weighted by Gasteiger charge is -2.15. The van der Waals surface area contributed by atoms with E-state index in [1.165, 1.54) is 12.1 Å². The summed E-state index contributed by atoms with van der Waals surface area (Å²) in [7, 11) is 0. The van der Waals surface area contributed by atoms with Crippen molar-refractivity contribution in [2.24, 2.45) is 0 Å². The minimum absolute atomic E-state index is 0.117. The van der Waals surface area contributed by atoms with Crippen molar-refractivity contribution in [2.75, 3.05) is 5.32 Å². The molecule has 0 aliphatic carbocycles. The van der Waals surface area contributed by atoms with Gasteiger partial charge in [0.2, 0.25) is 0 Å². The Bertz CT molecular complexity index is 720. The molecule has 22 heavy (non-hydrogen) atoms. The molecule has 1 N–H and O–H groups in total. The summed E-state index contributed by atoms with van der Waals surface area (Å²) in [5, 5.41) is 11.2. The van der Waals surface area contributed by atoms with Crippen molar-refractivity contribution >= 4 is 11.6 Å². The fraction of sp³-hybridized carbons (Fsp3) is 0.176. The molecule has 2 aromatic carbocycles. The van der Waals surface area contributed by atoms with E-state index in [1.807, 2.05) is 6.07 Å². The minimum Gasteiger partial charge on any atom is -0.481 e. The Balaban J connectivity index is 2.01. The van der Waals surface area contributed by atoms with Crippen molar-refractivity contribution in [2.45, 2.75) is 20.0 Å². The number of ether oxygens (including phenoxy) is 1. The van der Waals surface area contributed by atoms with Crippen LogP contribution in [0, 0.1) is 24.1 Å². The predicted octanol–water partition coefficient (Wildman–Crippen LogP) is 3.41. The van der Waals surface area contributed by atoms with Gasteiger partial charge < -0.3 is 10.1 Å². The first-order valence-electron chi connectivity index (χ1n) is 6.73. The lowest BCUT2D eigenvalue weighted by Crippen LogP contribution is -2.30. The molecule has 0 aromatic heterocycles. The average molecular weight is 298 g/mol. The molecule has 0 fully saturated rings. The highest BCUT2D eigenvalue weighted by molar-refractivity contribution is 5.94. The third kappa shape index (κ3) is 3.83. The fourth-order valence-corrected chi connectivity index (χ4v) is 1.82. The first kappa shape index (κ1) is 15.5. The van der Waals surface area contributed by atoms with Gasteiger partial charge in [-0.2, -0.15) is 5.26 Å². The predicted molar refractivity (Wildman–Crippen MR) is 81.0 cm³/mol. The Labute approximate surface area is 128 Å². The number of amides is 1. The number of hydrogen-bond donors (Lipinski definition) is 1. The summed E-state index contributed by atoms with van der Waals surface area (Å²) < 4.78 is 19.2.